The van der Waals surface area contributed by atoms with Gasteiger partial charge in [-0.05, 0) is 35.6 Å². The number of carbonyl (C=O) groups is 2. The van der Waals surface area contributed by atoms with Crippen LogP contribution in [0.5, 0.6) is 0 Å². The summed E-state index contributed by atoms with van der Waals surface area (Å²) < 4.78 is 52.1. The van der Waals surface area contributed by atoms with E-state index in [1.807, 2.05) is 60.7 Å². The zero-order valence-corrected chi connectivity index (χ0v) is 25.2. The summed E-state index contributed by atoms with van der Waals surface area (Å²) in [5.41, 5.74) is 0.296. The van der Waals surface area contributed by atoms with Gasteiger partial charge in [0.2, 0.25) is 11.8 Å². The fourth-order valence-electron chi connectivity index (χ4n) is 3.30. The molecule has 0 unspecified atom stereocenters. The van der Waals surface area contributed by atoms with Crippen molar-refractivity contribution in [2.45, 2.75) is 0 Å². The summed E-state index contributed by atoms with van der Waals surface area (Å²) in [4.78, 5) is 23.3. The van der Waals surface area contributed by atoms with Crippen LogP contribution in [0.4, 0.5) is 28.9 Å². The zero-order valence-electron chi connectivity index (χ0n) is 23.7. The van der Waals surface area contributed by atoms with E-state index in [9.17, 15) is 27.2 Å². The van der Waals surface area contributed by atoms with E-state index in [1.165, 1.54) is 0 Å². The molecule has 0 saturated carbocycles. The predicted octanol–water partition coefficient (Wildman–Crippen LogP) is 8.84. The van der Waals surface area contributed by atoms with E-state index in [4.69, 9.17) is 0 Å². The number of rotatable bonds is 4. The van der Waals surface area contributed by atoms with Crippen molar-refractivity contribution >= 4 is 23.2 Å². The molecule has 0 aliphatic heterocycles. The molecule has 2 amide bonds. The fraction of sp³-hybridized carbons (Fsp3) is 0. The Bertz CT molecular complexity index is 1520. The molecule has 0 spiro atoms. The Hall–Kier alpha value is -5.05. The predicted molar refractivity (Wildman–Crippen MR) is 163 cm³/mol. The van der Waals surface area contributed by atoms with Gasteiger partial charge in [-0.15, -0.1) is 36.4 Å². The zero-order chi connectivity index (χ0) is 31.6. The quantitative estimate of drug-likeness (QED) is 0.115. The number of nitrogens with one attached hydrogen (secondary N) is 2. The topological polar surface area (TPSA) is 58.2 Å². The van der Waals surface area contributed by atoms with E-state index >= 15 is 0 Å². The fourth-order valence-corrected chi connectivity index (χ4v) is 3.30. The maximum Gasteiger partial charge on any atom is 4.00 e. The Kier molecular flexibility index (Phi) is 16.1. The summed E-state index contributed by atoms with van der Waals surface area (Å²) in [6.45, 7) is 0. The maximum atomic E-state index is 13.2. The van der Waals surface area contributed by atoms with Gasteiger partial charge in [-0.1, -0.05) is 36.4 Å². The molecule has 0 radical (unpaired) electrons. The first-order chi connectivity index (χ1) is 21.3. The van der Waals surface area contributed by atoms with Crippen molar-refractivity contribution in [3.05, 3.63) is 192 Å². The molecule has 2 N–H and O–H groups in total. The molecule has 0 saturated heterocycles. The smallest absolute Gasteiger partial charge is 0.373 e. The summed E-state index contributed by atoms with van der Waals surface area (Å²) in [6, 6.07) is 44.3. The SMILES string of the molecule is O=C(Nc1cc(F)c[c-]c1F)c1ccccc1.O=C(Nc1cc(F)c[c-]c1F)c1ccccc1.[Ti+4].c1cc[cH-]c1.c1cc[cH-]c1. The third-order valence-corrected chi connectivity index (χ3v) is 5.39. The average molecular weight is 642 g/mol. The maximum absolute atomic E-state index is 13.2. The van der Waals surface area contributed by atoms with Crippen LogP contribution in [0.1, 0.15) is 20.7 Å². The molecular weight excluding hydrogens is 616 g/mol. The third kappa shape index (κ3) is 13.4. The van der Waals surface area contributed by atoms with Gasteiger partial charge in [0.1, 0.15) is 0 Å². The second kappa shape index (κ2) is 20.0. The number of halogens is 4. The first-order valence-electron chi connectivity index (χ1n) is 13.1. The van der Waals surface area contributed by atoms with Gasteiger partial charge in [0.15, 0.2) is 0 Å². The van der Waals surface area contributed by atoms with Crippen LogP contribution in [0.25, 0.3) is 0 Å². The van der Waals surface area contributed by atoms with Crippen molar-refractivity contribution in [3.63, 3.8) is 0 Å². The Morgan fingerprint density at radius 3 is 1.16 bits per heavy atom. The molecule has 0 aromatic heterocycles. The molecule has 0 atom stereocenters. The summed E-state index contributed by atoms with van der Waals surface area (Å²) in [6.07, 6.45) is 0. The molecule has 4 nitrogen and oxygen atoms in total. The molecule has 0 fully saturated rings. The molecule has 6 aromatic rings. The van der Waals surface area contributed by atoms with Crippen molar-refractivity contribution in [2.75, 3.05) is 10.6 Å². The molecule has 6 rings (SSSR count). The van der Waals surface area contributed by atoms with Crippen LogP contribution in [0, 0.1) is 35.4 Å². The Labute approximate surface area is 274 Å². The van der Waals surface area contributed by atoms with Gasteiger partial charge >= 0.3 is 21.7 Å². The van der Waals surface area contributed by atoms with Crippen LogP contribution in [-0.4, -0.2) is 11.8 Å². The molecule has 0 bridgehead atoms. The molecule has 0 aliphatic carbocycles. The van der Waals surface area contributed by atoms with E-state index in [0.29, 0.717) is 11.1 Å². The van der Waals surface area contributed by atoms with Gasteiger partial charge in [0, 0.05) is 34.4 Å². The number of benzene rings is 4. The van der Waals surface area contributed by atoms with Crippen molar-refractivity contribution < 1.29 is 48.9 Å². The van der Waals surface area contributed by atoms with Gasteiger partial charge in [0.05, 0.1) is 0 Å². The third-order valence-electron chi connectivity index (χ3n) is 5.39. The summed E-state index contributed by atoms with van der Waals surface area (Å²) in [5.74, 6) is -3.90. The van der Waals surface area contributed by atoms with Crippen LogP contribution >= 0.6 is 0 Å². The van der Waals surface area contributed by atoms with E-state index in [2.05, 4.69) is 22.8 Å². The number of amides is 2. The van der Waals surface area contributed by atoms with E-state index in [-0.39, 0.29) is 33.1 Å². The van der Waals surface area contributed by atoms with Gasteiger partial charge < -0.3 is 10.6 Å². The number of anilines is 2. The molecule has 0 aliphatic rings. The van der Waals surface area contributed by atoms with Gasteiger partial charge in [-0.2, -0.15) is 36.4 Å². The minimum atomic E-state index is -0.796. The minimum Gasteiger partial charge on any atom is -0.373 e. The molecule has 9 heteroatoms. The molecule has 45 heavy (non-hydrogen) atoms. The second-order valence-electron chi connectivity index (χ2n) is 8.66. The van der Waals surface area contributed by atoms with Crippen LogP contribution in [-0.2, 0) is 21.7 Å². The monoisotopic (exact) mass is 642 g/mol. The van der Waals surface area contributed by atoms with Crippen LogP contribution in [0.2, 0.25) is 0 Å². The Balaban J connectivity index is 0.000000235. The largest absolute Gasteiger partial charge is 4.00 e. The van der Waals surface area contributed by atoms with Crippen molar-refractivity contribution in [3.8, 4) is 0 Å². The molecule has 6 aromatic carbocycles. The van der Waals surface area contributed by atoms with Crippen LogP contribution < -0.4 is 10.6 Å². The normalized spacial score (nSPS) is 9.33. The first kappa shape index (κ1) is 36.1. The second-order valence-corrected chi connectivity index (χ2v) is 8.66. The first-order valence-corrected chi connectivity index (χ1v) is 13.1. The van der Waals surface area contributed by atoms with E-state index < -0.39 is 35.1 Å². The standard InChI is InChI=1S/2C13H8F2NO.2C5H5.Ti/c2*14-10-6-7-11(15)12(8-10)16-13(17)9-4-2-1-3-5-9;2*1-2-4-5-3-1;/h2*1-6,8H,(H,16,17);2*1-5H;/q4*-1;+4. The minimum absolute atomic E-state index is 0. The number of carbonyl (C=O) groups excluding carboxylic acids is 2. The van der Waals surface area contributed by atoms with Crippen LogP contribution in [0.15, 0.2) is 146 Å². The molecule has 0 heterocycles. The van der Waals surface area contributed by atoms with Gasteiger partial charge in [0.25, 0.3) is 0 Å². The molecule has 224 valence electrons. The van der Waals surface area contributed by atoms with E-state index in [1.54, 1.807) is 60.7 Å². The summed E-state index contributed by atoms with van der Waals surface area (Å²) in [7, 11) is 0. The van der Waals surface area contributed by atoms with Crippen molar-refractivity contribution in [1.82, 2.24) is 0 Å². The van der Waals surface area contributed by atoms with Gasteiger partial charge in [-0.25, -0.2) is 33.0 Å². The van der Waals surface area contributed by atoms with Crippen molar-refractivity contribution in [1.29, 1.82) is 0 Å². The van der Waals surface area contributed by atoms with Crippen LogP contribution in [0.3, 0.4) is 0 Å². The van der Waals surface area contributed by atoms with Gasteiger partial charge in [-0.3, -0.25) is 18.4 Å². The number of hydrogen-bond donors (Lipinski definition) is 2. The summed E-state index contributed by atoms with van der Waals surface area (Å²) in [5, 5.41) is 4.56. The Morgan fingerprint density at radius 1 is 0.533 bits per heavy atom. The van der Waals surface area contributed by atoms with Crippen molar-refractivity contribution in [2.24, 2.45) is 0 Å². The van der Waals surface area contributed by atoms with E-state index in [0.717, 1.165) is 24.3 Å². The summed E-state index contributed by atoms with van der Waals surface area (Å²) >= 11 is 0. The average Bonchev–Trinajstić information content (AvgIpc) is 3.82. The number of hydrogen-bond acceptors (Lipinski definition) is 2. The molecular formula is C36H26F4N2O2Ti. The Morgan fingerprint density at radius 2 is 0.867 bits per heavy atom.